The number of ether oxygens (including phenoxy) is 1. The summed E-state index contributed by atoms with van der Waals surface area (Å²) in [6.45, 7) is 2.56. The van der Waals surface area contributed by atoms with Gasteiger partial charge in [0, 0.05) is 17.2 Å². The van der Waals surface area contributed by atoms with Crippen LogP contribution in [0.4, 0.5) is 10.1 Å². The fourth-order valence-electron chi connectivity index (χ4n) is 2.88. The summed E-state index contributed by atoms with van der Waals surface area (Å²) in [6, 6.07) is 12.2. The third kappa shape index (κ3) is 5.47. The van der Waals surface area contributed by atoms with E-state index in [9.17, 15) is 18.8 Å². The van der Waals surface area contributed by atoms with Gasteiger partial charge in [0.05, 0.1) is 17.1 Å². The van der Waals surface area contributed by atoms with Gasteiger partial charge in [0.1, 0.15) is 11.0 Å². The third-order valence-electron chi connectivity index (χ3n) is 4.43. The molecule has 9 heteroatoms. The number of carbonyl (C=O) groups is 3. The quantitative estimate of drug-likeness (QED) is 0.324. The van der Waals surface area contributed by atoms with Crippen molar-refractivity contribution in [2.24, 2.45) is 0 Å². The van der Waals surface area contributed by atoms with Crippen LogP contribution >= 0.6 is 11.6 Å². The predicted octanol–water partition coefficient (Wildman–Crippen LogP) is 4.37. The number of aromatic nitrogens is 2. The van der Waals surface area contributed by atoms with Gasteiger partial charge in [-0.15, -0.1) is 0 Å². The summed E-state index contributed by atoms with van der Waals surface area (Å²) in [5.74, 6) is -1.93. The van der Waals surface area contributed by atoms with E-state index in [0.29, 0.717) is 28.2 Å². The van der Waals surface area contributed by atoms with E-state index in [4.69, 9.17) is 16.3 Å². The van der Waals surface area contributed by atoms with Gasteiger partial charge in [-0.1, -0.05) is 23.7 Å². The van der Waals surface area contributed by atoms with E-state index in [0.717, 1.165) is 6.08 Å². The van der Waals surface area contributed by atoms with Crippen molar-refractivity contribution < 1.29 is 23.5 Å². The van der Waals surface area contributed by atoms with E-state index in [1.165, 1.54) is 41.9 Å². The van der Waals surface area contributed by atoms with Gasteiger partial charge < -0.3 is 10.1 Å². The molecule has 1 aromatic heterocycles. The SMILES string of the molecule is CC(=O)c1ccccc1NC(=O)COC(=O)/C=C/c1c(C)nn(-c2ccc(F)cc2)c1Cl. The van der Waals surface area contributed by atoms with Crippen LogP contribution in [0.15, 0.2) is 54.6 Å². The van der Waals surface area contributed by atoms with Crippen LogP contribution in [0.25, 0.3) is 11.8 Å². The number of carbonyl (C=O) groups excluding carboxylic acids is 3. The predicted molar refractivity (Wildman–Crippen MR) is 118 cm³/mol. The molecule has 0 saturated heterocycles. The van der Waals surface area contributed by atoms with Gasteiger partial charge in [-0.05, 0) is 56.3 Å². The van der Waals surface area contributed by atoms with Gasteiger partial charge in [-0.2, -0.15) is 5.10 Å². The van der Waals surface area contributed by atoms with Crippen molar-refractivity contribution in [3.63, 3.8) is 0 Å². The molecular formula is C23H19ClFN3O4. The largest absolute Gasteiger partial charge is 0.452 e. The molecule has 1 N–H and O–H groups in total. The van der Waals surface area contributed by atoms with Crippen molar-refractivity contribution in [1.82, 2.24) is 9.78 Å². The van der Waals surface area contributed by atoms with E-state index in [1.54, 1.807) is 31.2 Å². The van der Waals surface area contributed by atoms with Gasteiger partial charge in [0.15, 0.2) is 12.4 Å². The van der Waals surface area contributed by atoms with Crippen LogP contribution in [-0.4, -0.2) is 34.0 Å². The Bertz CT molecular complexity index is 1200. The second-order valence-corrected chi connectivity index (χ2v) is 7.13. The van der Waals surface area contributed by atoms with Crippen LogP contribution in [0.1, 0.15) is 28.5 Å². The first-order chi connectivity index (χ1) is 15.3. The van der Waals surface area contributed by atoms with E-state index in [2.05, 4.69) is 10.4 Å². The molecule has 0 bridgehead atoms. The van der Waals surface area contributed by atoms with Crippen molar-refractivity contribution >= 4 is 41.0 Å². The lowest BCUT2D eigenvalue weighted by Gasteiger charge is -2.08. The monoisotopic (exact) mass is 455 g/mol. The van der Waals surface area contributed by atoms with Crippen LogP contribution in [0.5, 0.6) is 0 Å². The number of Topliss-reactive ketones (excluding diaryl/α,β-unsaturated/α-hetero) is 1. The molecule has 0 radical (unpaired) electrons. The number of hydrogen-bond donors (Lipinski definition) is 1. The number of para-hydroxylation sites is 1. The average molecular weight is 456 g/mol. The minimum absolute atomic E-state index is 0.200. The zero-order valence-corrected chi connectivity index (χ0v) is 18.0. The van der Waals surface area contributed by atoms with E-state index in [-0.39, 0.29) is 16.8 Å². The molecule has 0 saturated carbocycles. The Hall–Kier alpha value is -3.78. The maximum absolute atomic E-state index is 13.1. The van der Waals surface area contributed by atoms with Gasteiger partial charge in [0.25, 0.3) is 5.91 Å². The summed E-state index contributed by atoms with van der Waals surface area (Å²) in [5.41, 5.74) is 2.28. The molecule has 1 amide bonds. The van der Waals surface area contributed by atoms with Gasteiger partial charge in [0.2, 0.25) is 0 Å². The molecular weight excluding hydrogens is 437 g/mol. The molecule has 0 aliphatic carbocycles. The fraction of sp³-hybridized carbons (Fsp3) is 0.130. The van der Waals surface area contributed by atoms with Crippen LogP contribution < -0.4 is 5.32 Å². The lowest BCUT2D eigenvalue weighted by Crippen LogP contribution is -2.21. The zero-order chi connectivity index (χ0) is 23.3. The number of esters is 1. The molecule has 0 fully saturated rings. The Morgan fingerprint density at radius 3 is 2.53 bits per heavy atom. The first kappa shape index (κ1) is 22.9. The summed E-state index contributed by atoms with van der Waals surface area (Å²) < 4.78 is 19.5. The summed E-state index contributed by atoms with van der Waals surface area (Å²) in [4.78, 5) is 35.7. The molecule has 7 nitrogen and oxygen atoms in total. The molecule has 3 aromatic rings. The van der Waals surface area contributed by atoms with Crippen LogP contribution in [0, 0.1) is 12.7 Å². The maximum atomic E-state index is 13.1. The lowest BCUT2D eigenvalue weighted by molar-refractivity contribution is -0.142. The van der Waals surface area contributed by atoms with Crippen LogP contribution in [0.3, 0.4) is 0 Å². The molecule has 3 rings (SSSR count). The first-order valence-electron chi connectivity index (χ1n) is 9.52. The van der Waals surface area contributed by atoms with Crippen LogP contribution in [0.2, 0.25) is 5.15 Å². The Morgan fingerprint density at radius 2 is 1.84 bits per heavy atom. The Labute approximate surface area is 188 Å². The fourth-order valence-corrected chi connectivity index (χ4v) is 3.21. The second-order valence-electron chi connectivity index (χ2n) is 6.77. The summed E-state index contributed by atoms with van der Waals surface area (Å²) in [7, 11) is 0. The number of benzene rings is 2. The third-order valence-corrected chi connectivity index (χ3v) is 4.79. The van der Waals surface area contributed by atoms with Crippen molar-refractivity contribution in [3.8, 4) is 5.69 Å². The van der Waals surface area contributed by atoms with Crippen LogP contribution in [-0.2, 0) is 14.3 Å². The molecule has 2 aromatic carbocycles. The highest BCUT2D eigenvalue weighted by Gasteiger charge is 2.14. The number of rotatable bonds is 7. The highest BCUT2D eigenvalue weighted by atomic mass is 35.5. The zero-order valence-electron chi connectivity index (χ0n) is 17.3. The number of amides is 1. The maximum Gasteiger partial charge on any atom is 0.331 e. The number of hydrogen-bond acceptors (Lipinski definition) is 5. The van der Waals surface area contributed by atoms with Crippen molar-refractivity contribution in [1.29, 1.82) is 0 Å². The highest BCUT2D eigenvalue weighted by Crippen LogP contribution is 2.25. The van der Waals surface area contributed by atoms with Gasteiger partial charge >= 0.3 is 5.97 Å². The van der Waals surface area contributed by atoms with Gasteiger partial charge in [-0.25, -0.2) is 13.9 Å². The average Bonchev–Trinajstić information content (AvgIpc) is 3.05. The number of aryl methyl sites for hydroxylation is 1. The molecule has 1 heterocycles. The van der Waals surface area contributed by atoms with Gasteiger partial charge in [-0.3, -0.25) is 9.59 Å². The van der Waals surface area contributed by atoms with E-state index < -0.39 is 18.5 Å². The van der Waals surface area contributed by atoms with E-state index >= 15 is 0 Å². The number of anilines is 1. The van der Waals surface area contributed by atoms with Crippen molar-refractivity contribution in [3.05, 3.63) is 82.4 Å². The minimum Gasteiger partial charge on any atom is -0.452 e. The second kappa shape index (κ2) is 10.0. The minimum atomic E-state index is -0.759. The molecule has 0 atom stereocenters. The van der Waals surface area contributed by atoms with Crippen molar-refractivity contribution in [2.45, 2.75) is 13.8 Å². The molecule has 0 spiro atoms. The topological polar surface area (TPSA) is 90.3 Å². The molecule has 32 heavy (non-hydrogen) atoms. The first-order valence-corrected chi connectivity index (χ1v) is 9.89. The highest BCUT2D eigenvalue weighted by molar-refractivity contribution is 6.31. The lowest BCUT2D eigenvalue weighted by atomic mass is 10.1. The summed E-state index contributed by atoms with van der Waals surface area (Å²) in [6.07, 6.45) is 2.55. The Kier molecular flexibility index (Phi) is 7.17. The molecule has 164 valence electrons. The summed E-state index contributed by atoms with van der Waals surface area (Å²) >= 11 is 6.36. The van der Waals surface area contributed by atoms with Crippen molar-refractivity contribution in [2.75, 3.05) is 11.9 Å². The number of ketones is 1. The standard InChI is InChI=1S/C23H19ClFN3O4/c1-14-18(23(24)28(27-14)17-9-7-16(25)8-10-17)11-12-22(31)32-13-21(30)26-20-6-4-3-5-19(20)15(2)29/h3-12H,13H2,1-2H3,(H,26,30)/b12-11+. The number of nitrogens with zero attached hydrogens (tertiary/aromatic N) is 2. The number of nitrogens with one attached hydrogen (secondary N) is 1. The summed E-state index contributed by atoms with van der Waals surface area (Å²) in [5, 5.41) is 7.07. The molecule has 0 unspecified atom stereocenters. The number of halogens is 2. The molecule has 0 aliphatic rings. The van der Waals surface area contributed by atoms with E-state index in [1.807, 2.05) is 0 Å². The Balaban J connectivity index is 1.62. The molecule has 0 aliphatic heterocycles. The normalized spacial score (nSPS) is 10.9. The Morgan fingerprint density at radius 1 is 1.16 bits per heavy atom. The smallest absolute Gasteiger partial charge is 0.331 e.